The predicted octanol–water partition coefficient (Wildman–Crippen LogP) is 3.60. The molecule has 7 nitrogen and oxygen atoms in total. The molecule has 1 aliphatic rings. The molecule has 0 spiro atoms. The van der Waals surface area contributed by atoms with Crippen LogP contribution in [0.3, 0.4) is 0 Å². The van der Waals surface area contributed by atoms with Crippen LogP contribution < -0.4 is 29.7 Å². The van der Waals surface area contributed by atoms with Gasteiger partial charge in [-0.25, -0.2) is 0 Å². The quantitative estimate of drug-likeness (QED) is 0.354. The molecule has 1 heterocycles. The zero-order valence-electron chi connectivity index (χ0n) is 19.3. The average Bonchev–Trinajstić information content (AvgIpc) is 2.85. The normalized spacial score (nSPS) is 14.6. The van der Waals surface area contributed by atoms with Gasteiger partial charge in [0.1, 0.15) is 23.9 Å². The molecule has 0 radical (unpaired) electrons. The maximum atomic E-state index is 5.75. The number of nitrogens with one attached hydrogen (secondary N) is 2. The molecule has 0 unspecified atom stereocenters. The number of anilines is 1. The fourth-order valence-corrected chi connectivity index (χ4v) is 3.76. The first-order chi connectivity index (χ1) is 15.7. The molecular weight excluding hydrogens is 404 g/mol. The molecule has 0 aromatic heterocycles. The van der Waals surface area contributed by atoms with Crippen molar-refractivity contribution in [3.63, 3.8) is 0 Å². The van der Waals surface area contributed by atoms with Gasteiger partial charge in [0.2, 0.25) is 0 Å². The first-order valence-electron chi connectivity index (χ1n) is 10.9. The lowest BCUT2D eigenvalue weighted by atomic mass is 10.0. The molecule has 32 heavy (non-hydrogen) atoms. The largest absolute Gasteiger partial charge is 0.497 e. The Bertz CT molecular complexity index is 886. The molecule has 1 aliphatic heterocycles. The molecule has 0 bridgehead atoms. The third-order valence-electron chi connectivity index (χ3n) is 5.54. The Morgan fingerprint density at radius 1 is 1.12 bits per heavy atom. The predicted molar refractivity (Wildman–Crippen MR) is 130 cm³/mol. The van der Waals surface area contributed by atoms with Crippen molar-refractivity contribution >= 4 is 11.6 Å². The van der Waals surface area contributed by atoms with Crippen molar-refractivity contribution in [1.82, 2.24) is 10.6 Å². The van der Waals surface area contributed by atoms with Gasteiger partial charge in [0.05, 0.1) is 14.2 Å². The lowest BCUT2D eigenvalue weighted by molar-refractivity contribution is 0.358. The average molecular weight is 439 g/mol. The second-order valence-corrected chi connectivity index (χ2v) is 7.61. The summed E-state index contributed by atoms with van der Waals surface area (Å²) in [6.45, 7) is 6.73. The van der Waals surface area contributed by atoms with E-state index < -0.39 is 0 Å². The van der Waals surface area contributed by atoms with Crippen molar-refractivity contribution in [3.8, 4) is 17.2 Å². The summed E-state index contributed by atoms with van der Waals surface area (Å²) < 4.78 is 16.6. The number of benzene rings is 2. The summed E-state index contributed by atoms with van der Waals surface area (Å²) in [5.74, 6) is 3.27. The highest BCUT2D eigenvalue weighted by Gasteiger charge is 2.21. The second-order valence-electron chi connectivity index (χ2n) is 7.61. The number of nitrogens with zero attached hydrogens (tertiary/aromatic N) is 2. The number of hydrogen-bond acceptors (Lipinski definition) is 5. The highest BCUT2D eigenvalue weighted by molar-refractivity contribution is 5.80. The molecule has 3 rings (SSSR count). The van der Waals surface area contributed by atoms with Crippen LogP contribution in [0.25, 0.3) is 0 Å². The first kappa shape index (κ1) is 23.3. The SMILES string of the molecule is C=CCOc1ccccc1CNC(=NC)NC1CCN(c2cc(OC)cc(OC)c2)CC1. The second kappa shape index (κ2) is 11.9. The lowest BCUT2D eigenvalue weighted by Gasteiger charge is -2.34. The van der Waals surface area contributed by atoms with Crippen molar-refractivity contribution in [2.45, 2.75) is 25.4 Å². The summed E-state index contributed by atoms with van der Waals surface area (Å²) in [6, 6.07) is 14.4. The third kappa shape index (κ3) is 6.33. The molecule has 172 valence electrons. The van der Waals surface area contributed by atoms with E-state index in [0.717, 1.165) is 60.4 Å². The lowest BCUT2D eigenvalue weighted by Crippen LogP contribution is -2.48. The molecule has 0 amide bonds. The van der Waals surface area contributed by atoms with Crippen LogP contribution in [0.15, 0.2) is 60.1 Å². The number of ether oxygens (including phenoxy) is 3. The molecule has 0 atom stereocenters. The molecule has 2 aromatic carbocycles. The summed E-state index contributed by atoms with van der Waals surface area (Å²) in [5, 5.41) is 6.97. The Hall–Kier alpha value is -3.35. The number of rotatable bonds is 9. The molecule has 1 fully saturated rings. The van der Waals surface area contributed by atoms with E-state index >= 15 is 0 Å². The Balaban J connectivity index is 1.53. The number of para-hydroxylation sites is 1. The summed E-state index contributed by atoms with van der Waals surface area (Å²) in [4.78, 5) is 6.77. The summed E-state index contributed by atoms with van der Waals surface area (Å²) >= 11 is 0. The van der Waals surface area contributed by atoms with Crippen molar-refractivity contribution in [2.24, 2.45) is 4.99 Å². The van der Waals surface area contributed by atoms with E-state index in [4.69, 9.17) is 14.2 Å². The van der Waals surface area contributed by atoms with E-state index in [0.29, 0.717) is 19.2 Å². The van der Waals surface area contributed by atoms with E-state index in [1.807, 2.05) is 24.3 Å². The summed E-state index contributed by atoms with van der Waals surface area (Å²) in [5.41, 5.74) is 2.21. The minimum Gasteiger partial charge on any atom is -0.497 e. The Morgan fingerprint density at radius 3 is 2.44 bits per heavy atom. The smallest absolute Gasteiger partial charge is 0.191 e. The van der Waals surface area contributed by atoms with Crippen LogP contribution in [-0.2, 0) is 6.54 Å². The van der Waals surface area contributed by atoms with Gasteiger partial charge in [0, 0.05) is 62.2 Å². The molecular formula is C25H34N4O3. The van der Waals surface area contributed by atoms with Crippen molar-refractivity contribution in [2.75, 3.05) is 45.9 Å². The molecule has 7 heteroatoms. The van der Waals surface area contributed by atoms with Crippen LogP contribution >= 0.6 is 0 Å². The Morgan fingerprint density at radius 2 is 1.81 bits per heavy atom. The van der Waals surface area contributed by atoms with E-state index in [1.165, 1.54) is 0 Å². The van der Waals surface area contributed by atoms with Gasteiger partial charge in [-0.2, -0.15) is 0 Å². The molecule has 0 saturated carbocycles. The van der Waals surface area contributed by atoms with Crippen LogP contribution in [0.2, 0.25) is 0 Å². The number of aliphatic imine (C=N–C) groups is 1. The minimum absolute atomic E-state index is 0.359. The molecule has 0 aliphatic carbocycles. The fraction of sp³-hybridized carbons (Fsp3) is 0.400. The monoisotopic (exact) mass is 438 g/mol. The first-order valence-corrected chi connectivity index (χ1v) is 10.9. The van der Waals surface area contributed by atoms with Gasteiger partial charge in [-0.1, -0.05) is 30.9 Å². The van der Waals surface area contributed by atoms with Gasteiger partial charge in [0.15, 0.2) is 5.96 Å². The van der Waals surface area contributed by atoms with Crippen LogP contribution in [0.5, 0.6) is 17.2 Å². The van der Waals surface area contributed by atoms with Gasteiger partial charge in [0.25, 0.3) is 0 Å². The Kier molecular flexibility index (Phi) is 8.66. The van der Waals surface area contributed by atoms with Crippen LogP contribution in [-0.4, -0.2) is 53.0 Å². The van der Waals surface area contributed by atoms with Crippen LogP contribution in [0, 0.1) is 0 Å². The number of guanidine groups is 1. The fourth-order valence-electron chi connectivity index (χ4n) is 3.76. The minimum atomic E-state index is 0.359. The standard InChI is InChI=1S/C25H34N4O3/c1-5-14-32-24-9-7-6-8-19(24)18-27-25(26-2)28-20-10-12-29(13-11-20)21-15-22(30-3)17-23(16-21)31-4/h5-9,15-17,20H,1,10-14,18H2,2-4H3,(H2,26,27,28). The third-order valence-corrected chi connectivity index (χ3v) is 5.54. The highest BCUT2D eigenvalue weighted by Crippen LogP contribution is 2.30. The van der Waals surface area contributed by atoms with E-state index in [1.54, 1.807) is 27.3 Å². The number of piperidine rings is 1. The number of hydrogen-bond donors (Lipinski definition) is 2. The Labute approximate surface area is 191 Å². The van der Waals surface area contributed by atoms with Gasteiger partial charge >= 0.3 is 0 Å². The van der Waals surface area contributed by atoms with E-state index in [2.05, 4.69) is 45.3 Å². The summed E-state index contributed by atoms with van der Waals surface area (Å²) in [6.07, 6.45) is 3.77. The van der Waals surface area contributed by atoms with Crippen molar-refractivity contribution in [1.29, 1.82) is 0 Å². The van der Waals surface area contributed by atoms with Crippen molar-refractivity contribution in [3.05, 3.63) is 60.7 Å². The summed E-state index contributed by atoms with van der Waals surface area (Å²) in [7, 11) is 5.15. The van der Waals surface area contributed by atoms with Crippen molar-refractivity contribution < 1.29 is 14.2 Å². The van der Waals surface area contributed by atoms with Gasteiger partial charge in [-0.05, 0) is 18.9 Å². The van der Waals surface area contributed by atoms with Crippen LogP contribution in [0.1, 0.15) is 18.4 Å². The zero-order chi connectivity index (χ0) is 22.8. The van der Waals surface area contributed by atoms with E-state index in [-0.39, 0.29) is 0 Å². The molecule has 2 N–H and O–H groups in total. The topological polar surface area (TPSA) is 67.4 Å². The number of methoxy groups -OCH3 is 2. The molecule has 2 aromatic rings. The van der Waals surface area contributed by atoms with E-state index in [9.17, 15) is 0 Å². The maximum Gasteiger partial charge on any atom is 0.191 e. The van der Waals surface area contributed by atoms with Gasteiger partial charge in [-0.3, -0.25) is 4.99 Å². The highest BCUT2D eigenvalue weighted by atomic mass is 16.5. The molecule has 1 saturated heterocycles. The van der Waals surface area contributed by atoms with Gasteiger partial charge in [-0.15, -0.1) is 0 Å². The zero-order valence-corrected chi connectivity index (χ0v) is 19.3. The maximum absolute atomic E-state index is 5.75. The van der Waals surface area contributed by atoms with Gasteiger partial charge < -0.3 is 29.7 Å². The van der Waals surface area contributed by atoms with Crippen LogP contribution in [0.4, 0.5) is 5.69 Å².